The molecule has 0 aromatic heterocycles. The number of hydrogen-bond acceptors (Lipinski definition) is 4. The highest BCUT2D eigenvalue weighted by Crippen LogP contribution is 2.18. The van der Waals surface area contributed by atoms with E-state index in [0.717, 1.165) is 19.4 Å². The first-order chi connectivity index (χ1) is 7.54. The molecule has 17 heavy (non-hydrogen) atoms. The van der Waals surface area contributed by atoms with E-state index in [-0.39, 0.29) is 17.9 Å². The third kappa shape index (κ3) is 5.50. The van der Waals surface area contributed by atoms with E-state index in [1.165, 1.54) is 0 Å². The molecule has 0 radical (unpaired) electrons. The quantitative estimate of drug-likeness (QED) is 0.596. The highest BCUT2D eigenvalue weighted by atomic mass is 35.5. The molecule has 8 heteroatoms. The van der Waals surface area contributed by atoms with Gasteiger partial charge in [0, 0.05) is 20.2 Å². The highest BCUT2D eigenvalue weighted by Gasteiger charge is 2.34. The van der Waals surface area contributed by atoms with Gasteiger partial charge in [0.1, 0.15) is 0 Å². The molecule has 0 aliphatic carbocycles. The third-order valence-electron chi connectivity index (χ3n) is 2.69. The summed E-state index contributed by atoms with van der Waals surface area (Å²) in [5.41, 5.74) is -0.253. The van der Waals surface area contributed by atoms with Crippen molar-refractivity contribution in [2.75, 3.05) is 33.4 Å². The standard InChI is InChI=1S/C9H21N3O3S.ClH/c1-3-11-16(13,14)12-7-9(8-15-2)5-4-6-10-9;/h10-12H,3-8H2,1-2H3;1H. The van der Waals surface area contributed by atoms with Crippen LogP contribution < -0.4 is 14.8 Å². The van der Waals surface area contributed by atoms with E-state index < -0.39 is 10.2 Å². The zero-order valence-corrected chi connectivity index (χ0v) is 11.9. The Balaban J connectivity index is 0.00000256. The molecule has 104 valence electrons. The molecular weight excluding hydrogens is 266 g/mol. The van der Waals surface area contributed by atoms with Gasteiger partial charge < -0.3 is 10.1 Å². The number of rotatable bonds is 7. The van der Waals surface area contributed by atoms with Crippen molar-refractivity contribution in [3.63, 3.8) is 0 Å². The lowest BCUT2D eigenvalue weighted by molar-refractivity contribution is 0.122. The molecule has 0 aromatic carbocycles. The van der Waals surface area contributed by atoms with Crippen molar-refractivity contribution in [3.05, 3.63) is 0 Å². The monoisotopic (exact) mass is 287 g/mol. The topological polar surface area (TPSA) is 79.5 Å². The van der Waals surface area contributed by atoms with Crippen molar-refractivity contribution >= 4 is 22.6 Å². The van der Waals surface area contributed by atoms with Gasteiger partial charge in [0.15, 0.2) is 0 Å². The maximum absolute atomic E-state index is 11.4. The van der Waals surface area contributed by atoms with E-state index in [2.05, 4.69) is 14.8 Å². The molecular formula is C9H22ClN3O3S. The lowest BCUT2D eigenvalue weighted by Gasteiger charge is -2.28. The highest BCUT2D eigenvalue weighted by molar-refractivity contribution is 7.87. The smallest absolute Gasteiger partial charge is 0.276 e. The van der Waals surface area contributed by atoms with Crippen LogP contribution in [0.15, 0.2) is 0 Å². The van der Waals surface area contributed by atoms with E-state index in [9.17, 15) is 8.42 Å². The fourth-order valence-electron chi connectivity index (χ4n) is 1.94. The van der Waals surface area contributed by atoms with Crippen molar-refractivity contribution in [2.24, 2.45) is 0 Å². The fourth-order valence-corrected chi connectivity index (χ4v) is 2.89. The minimum absolute atomic E-state index is 0. The molecule has 0 aromatic rings. The summed E-state index contributed by atoms with van der Waals surface area (Å²) in [5.74, 6) is 0. The summed E-state index contributed by atoms with van der Waals surface area (Å²) >= 11 is 0. The molecule has 1 saturated heterocycles. The third-order valence-corrected chi connectivity index (χ3v) is 3.88. The Morgan fingerprint density at radius 2 is 2.12 bits per heavy atom. The Morgan fingerprint density at radius 3 is 2.59 bits per heavy atom. The van der Waals surface area contributed by atoms with Crippen molar-refractivity contribution in [1.82, 2.24) is 14.8 Å². The molecule has 3 N–H and O–H groups in total. The van der Waals surface area contributed by atoms with E-state index in [1.807, 2.05) is 0 Å². The van der Waals surface area contributed by atoms with Crippen molar-refractivity contribution in [2.45, 2.75) is 25.3 Å². The maximum Gasteiger partial charge on any atom is 0.276 e. The van der Waals surface area contributed by atoms with Gasteiger partial charge in [0.25, 0.3) is 10.2 Å². The first-order valence-electron chi connectivity index (χ1n) is 5.52. The Labute approximate surface area is 109 Å². The van der Waals surface area contributed by atoms with Gasteiger partial charge in [0.2, 0.25) is 0 Å². The number of hydrogen-bond donors (Lipinski definition) is 3. The molecule has 0 spiro atoms. The molecule has 1 heterocycles. The van der Waals surface area contributed by atoms with E-state index in [1.54, 1.807) is 14.0 Å². The van der Waals surface area contributed by atoms with Crippen molar-refractivity contribution in [1.29, 1.82) is 0 Å². The number of nitrogens with one attached hydrogen (secondary N) is 3. The molecule has 1 atom stereocenters. The summed E-state index contributed by atoms with van der Waals surface area (Å²) in [5, 5.41) is 3.31. The summed E-state index contributed by atoms with van der Waals surface area (Å²) in [7, 11) is -1.75. The normalized spacial score (nSPS) is 24.6. The van der Waals surface area contributed by atoms with Crippen LogP contribution in [0.5, 0.6) is 0 Å². The summed E-state index contributed by atoms with van der Waals surface area (Å²) in [6.45, 7) is 3.92. The van der Waals surface area contributed by atoms with Crippen LogP contribution in [0.2, 0.25) is 0 Å². The van der Waals surface area contributed by atoms with Crippen LogP contribution in [0, 0.1) is 0 Å². The van der Waals surface area contributed by atoms with Gasteiger partial charge in [-0.05, 0) is 19.4 Å². The minimum Gasteiger partial charge on any atom is -0.383 e. The first-order valence-corrected chi connectivity index (χ1v) is 7.00. The summed E-state index contributed by atoms with van der Waals surface area (Å²) in [6, 6.07) is 0. The van der Waals surface area contributed by atoms with E-state index >= 15 is 0 Å². The average molecular weight is 288 g/mol. The van der Waals surface area contributed by atoms with Crippen molar-refractivity contribution in [3.8, 4) is 0 Å². The molecule has 1 aliphatic rings. The van der Waals surface area contributed by atoms with E-state index in [0.29, 0.717) is 19.7 Å². The zero-order valence-electron chi connectivity index (χ0n) is 10.3. The molecule has 1 fully saturated rings. The Hall–Kier alpha value is 0.0800. The minimum atomic E-state index is -3.37. The van der Waals surface area contributed by atoms with Crippen LogP contribution in [0.3, 0.4) is 0 Å². The van der Waals surface area contributed by atoms with E-state index in [4.69, 9.17) is 4.74 Å². The molecule has 0 bridgehead atoms. The lowest BCUT2D eigenvalue weighted by Crippen LogP contribution is -2.54. The Bertz CT molecular complexity index is 305. The van der Waals surface area contributed by atoms with Gasteiger partial charge in [-0.25, -0.2) is 9.44 Å². The predicted octanol–water partition coefficient (Wildman–Crippen LogP) is -0.379. The Kier molecular flexibility index (Phi) is 7.54. The molecule has 0 amide bonds. The van der Waals surface area contributed by atoms with Crippen LogP contribution in [0.1, 0.15) is 19.8 Å². The van der Waals surface area contributed by atoms with Crippen molar-refractivity contribution < 1.29 is 13.2 Å². The second-order valence-electron chi connectivity index (χ2n) is 4.07. The molecule has 6 nitrogen and oxygen atoms in total. The summed E-state index contributed by atoms with van der Waals surface area (Å²) in [6.07, 6.45) is 1.97. The maximum atomic E-state index is 11.4. The van der Waals surface area contributed by atoms with Crippen LogP contribution in [-0.2, 0) is 14.9 Å². The zero-order chi connectivity index (χ0) is 12.1. The van der Waals surface area contributed by atoms with Gasteiger partial charge in [-0.1, -0.05) is 6.92 Å². The second kappa shape index (κ2) is 7.50. The van der Waals surface area contributed by atoms with Gasteiger partial charge in [-0.2, -0.15) is 8.42 Å². The number of methoxy groups -OCH3 is 1. The summed E-state index contributed by atoms with van der Waals surface area (Å²) < 4.78 is 33.0. The SMILES string of the molecule is CCNS(=O)(=O)NCC1(COC)CCCN1.Cl. The Morgan fingerprint density at radius 1 is 1.41 bits per heavy atom. The molecule has 0 saturated carbocycles. The number of halogens is 1. The van der Waals surface area contributed by atoms with Crippen LogP contribution >= 0.6 is 12.4 Å². The van der Waals surface area contributed by atoms with Crippen LogP contribution in [0.25, 0.3) is 0 Å². The first kappa shape index (κ1) is 17.1. The van der Waals surface area contributed by atoms with Crippen LogP contribution in [-0.4, -0.2) is 47.3 Å². The van der Waals surface area contributed by atoms with Crippen LogP contribution in [0.4, 0.5) is 0 Å². The molecule has 1 aliphatic heterocycles. The van der Waals surface area contributed by atoms with Gasteiger partial charge >= 0.3 is 0 Å². The fraction of sp³-hybridized carbons (Fsp3) is 1.00. The largest absolute Gasteiger partial charge is 0.383 e. The molecule has 1 rings (SSSR count). The summed E-state index contributed by atoms with van der Waals surface area (Å²) in [4.78, 5) is 0. The average Bonchev–Trinajstić information content (AvgIpc) is 2.65. The molecule has 1 unspecified atom stereocenters. The van der Waals surface area contributed by atoms with Gasteiger partial charge in [-0.3, -0.25) is 0 Å². The predicted molar refractivity (Wildman–Crippen MR) is 69.7 cm³/mol. The van der Waals surface area contributed by atoms with Gasteiger partial charge in [0.05, 0.1) is 12.1 Å². The lowest BCUT2D eigenvalue weighted by atomic mass is 9.99. The van der Waals surface area contributed by atoms with Gasteiger partial charge in [-0.15, -0.1) is 12.4 Å². The number of ether oxygens (including phenoxy) is 1. The second-order valence-corrected chi connectivity index (χ2v) is 5.65.